The average Bonchev–Trinajstić information content (AvgIpc) is 3.81. The van der Waals surface area contributed by atoms with Gasteiger partial charge in [0.25, 0.3) is 5.91 Å². The molecular formula is C28H33FN4O7S. The zero-order valence-electron chi connectivity index (χ0n) is 23.1. The zero-order chi connectivity index (χ0) is 29.7. The van der Waals surface area contributed by atoms with Gasteiger partial charge in [0.2, 0.25) is 15.9 Å². The van der Waals surface area contributed by atoms with Crippen molar-refractivity contribution >= 4 is 38.8 Å². The molecule has 0 radical (unpaired) electrons. The van der Waals surface area contributed by atoms with Crippen LogP contribution in [0, 0.1) is 11.7 Å². The van der Waals surface area contributed by atoms with Gasteiger partial charge in [-0.15, -0.1) is 6.58 Å². The Hall–Kier alpha value is -3.74. The van der Waals surface area contributed by atoms with Crippen LogP contribution in [0.2, 0.25) is 0 Å². The summed E-state index contributed by atoms with van der Waals surface area (Å²) >= 11 is 0. The quantitative estimate of drug-likeness (QED) is 0.484. The van der Waals surface area contributed by atoms with Crippen molar-refractivity contribution in [2.75, 3.05) is 6.54 Å². The lowest BCUT2D eigenvalue weighted by molar-refractivity contribution is -0.133. The maximum Gasteiger partial charge on any atom is 0.411 e. The van der Waals surface area contributed by atoms with Crippen LogP contribution in [0.5, 0.6) is 5.88 Å². The number of fused-ring (bicyclic) bond motifs is 1. The minimum absolute atomic E-state index is 0.0317. The molecule has 41 heavy (non-hydrogen) atoms. The summed E-state index contributed by atoms with van der Waals surface area (Å²) in [6.45, 7) is 8.70. The van der Waals surface area contributed by atoms with E-state index in [4.69, 9.17) is 9.47 Å². The monoisotopic (exact) mass is 588 g/mol. The second-order valence-electron chi connectivity index (χ2n) is 11.7. The Morgan fingerprint density at radius 1 is 1.20 bits per heavy atom. The number of carbonyl (C=O) groups is 3. The molecule has 2 saturated carbocycles. The highest BCUT2D eigenvalue weighted by atomic mass is 32.2. The number of ether oxygens (including phenoxy) is 2. The highest BCUT2D eigenvalue weighted by Crippen LogP contribution is 2.39. The Labute approximate surface area is 237 Å². The van der Waals surface area contributed by atoms with Crippen molar-refractivity contribution in [2.45, 2.75) is 75.5 Å². The predicted octanol–water partition coefficient (Wildman–Crippen LogP) is 3.74. The van der Waals surface area contributed by atoms with E-state index in [1.165, 1.54) is 23.2 Å². The van der Waals surface area contributed by atoms with Crippen molar-refractivity contribution in [1.29, 1.82) is 0 Å². The van der Waals surface area contributed by atoms with Crippen LogP contribution in [-0.4, -0.2) is 76.8 Å². The molecule has 2 aromatic rings. The van der Waals surface area contributed by atoms with Crippen molar-refractivity contribution in [3.63, 3.8) is 0 Å². The maximum atomic E-state index is 14.0. The third-order valence-corrected chi connectivity index (χ3v) is 9.04. The van der Waals surface area contributed by atoms with E-state index in [0.717, 1.165) is 4.90 Å². The van der Waals surface area contributed by atoms with Crippen LogP contribution in [0.4, 0.5) is 14.0 Å². The average molecular weight is 589 g/mol. The van der Waals surface area contributed by atoms with E-state index in [1.807, 2.05) is 4.72 Å². The first-order chi connectivity index (χ1) is 19.3. The molecule has 1 aromatic carbocycles. The summed E-state index contributed by atoms with van der Waals surface area (Å²) in [4.78, 5) is 46.8. The fourth-order valence-corrected chi connectivity index (χ4v) is 6.23. The predicted molar refractivity (Wildman–Crippen MR) is 147 cm³/mol. The molecule has 3 aliphatic rings. The van der Waals surface area contributed by atoms with Gasteiger partial charge in [0.1, 0.15) is 23.6 Å². The van der Waals surface area contributed by atoms with Gasteiger partial charge < -0.3 is 9.47 Å². The number of nitrogens with one attached hydrogen (secondary N) is 1. The molecule has 4 atom stereocenters. The number of imide groups is 1. The summed E-state index contributed by atoms with van der Waals surface area (Å²) in [6, 6.07) is 3.04. The first-order valence-electron chi connectivity index (χ1n) is 13.5. The second kappa shape index (κ2) is 10.6. The second-order valence-corrected chi connectivity index (χ2v) is 13.6. The number of sulfonamides is 1. The topological polar surface area (TPSA) is 135 Å². The zero-order valence-corrected chi connectivity index (χ0v) is 23.9. The minimum Gasteiger partial charge on any atom is -0.472 e. The van der Waals surface area contributed by atoms with Crippen LogP contribution in [0.15, 0.2) is 43.1 Å². The third kappa shape index (κ3) is 6.29. The molecule has 0 spiro atoms. The van der Waals surface area contributed by atoms with E-state index in [-0.39, 0.29) is 24.8 Å². The van der Waals surface area contributed by atoms with Gasteiger partial charge >= 0.3 is 12.1 Å². The van der Waals surface area contributed by atoms with Gasteiger partial charge in [-0.3, -0.25) is 14.6 Å². The first-order valence-corrected chi connectivity index (χ1v) is 15.0. The number of amides is 4. The van der Waals surface area contributed by atoms with Crippen molar-refractivity contribution in [1.82, 2.24) is 19.5 Å². The molecule has 11 nitrogen and oxygen atoms in total. The molecule has 3 fully saturated rings. The highest BCUT2D eigenvalue weighted by Gasteiger charge is 2.52. The summed E-state index contributed by atoms with van der Waals surface area (Å²) in [7, 11) is -3.94. The molecule has 1 aliphatic heterocycles. The van der Waals surface area contributed by atoms with E-state index in [0.29, 0.717) is 30.0 Å². The van der Waals surface area contributed by atoms with Crippen LogP contribution in [0.25, 0.3) is 10.8 Å². The number of carbonyl (C=O) groups excluding carboxylic acids is 3. The molecule has 13 heteroatoms. The SMILES string of the molecule is C=CC1CC1N(C(=O)NS(=O)(=O)C1CC1)C(=O)C1CC(Oc2nccc3ccc(F)cc23)CN1C(=O)OC(C)(C)C. The van der Waals surface area contributed by atoms with Crippen molar-refractivity contribution in [3.05, 3.63) is 48.9 Å². The summed E-state index contributed by atoms with van der Waals surface area (Å²) in [6.07, 6.45) is 2.84. The molecule has 4 unspecified atom stereocenters. The van der Waals surface area contributed by atoms with Crippen LogP contribution >= 0.6 is 0 Å². The maximum absolute atomic E-state index is 14.0. The van der Waals surface area contributed by atoms with E-state index in [1.54, 1.807) is 39.0 Å². The number of nitrogens with zero attached hydrogens (tertiary/aromatic N) is 3. The lowest BCUT2D eigenvalue weighted by Crippen LogP contribution is -2.55. The molecule has 5 rings (SSSR count). The van der Waals surface area contributed by atoms with Crippen LogP contribution in [0.3, 0.4) is 0 Å². The number of aromatic nitrogens is 1. The standard InChI is InChI=1S/C28H33FN4O7S/c1-5-16-12-22(16)33(26(35)31-41(37,38)20-8-9-20)25(34)23-14-19(15-32(23)27(36)40-28(2,3)4)39-24-21-13-18(29)7-6-17(21)10-11-30-24/h5-7,10-11,13,16,19-20,22-23H,1,8-9,12,14-15H2,2-4H3,(H,31,35). The van der Waals surface area contributed by atoms with Crippen molar-refractivity contribution < 1.29 is 36.7 Å². The number of benzene rings is 1. The van der Waals surface area contributed by atoms with Gasteiger partial charge in [0.05, 0.1) is 11.8 Å². The summed E-state index contributed by atoms with van der Waals surface area (Å²) < 4.78 is 52.8. The smallest absolute Gasteiger partial charge is 0.411 e. The molecule has 1 aromatic heterocycles. The Morgan fingerprint density at radius 3 is 2.56 bits per heavy atom. The number of hydrogen-bond donors (Lipinski definition) is 1. The number of hydrogen-bond acceptors (Lipinski definition) is 8. The van der Waals surface area contributed by atoms with Crippen molar-refractivity contribution in [2.24, 2.45) is 5.92 Å². The normalized spacial score (nSPS) is 24.0. The van der Waals surface area contributed by atoms with Gasteiger partial charge in [0, 0.05) is 24.0 Å². The van der Waals surface area contributed by atoms with E-state index in [9.17, 15) is 27.2 Å². The summed E-state index contributed by atoms with van der Waals surface area (Å²) in [5, 5.41) is 0.442. The molecule has 2 aliphatic carbocycles. The minimum atomic E-state index is -3.94. The van der Waals surface area contributed by atoms with Gasteiger partial charge in [0.15, 0.2) is 0 Å². The molecule has 0 bridgehead atoms. The largest absolute Gasteiger partial charge is 0.472 e. The number of pyridine rings is 1. The third-order valence-electron chi connectivity index (χ3n) is 7.23. The Balaban J connectivity index is 1.43. The van der Waals surface area contributed by atoms with Gasteiger partial charge in [-0.05, 0) is 69.5 Å². The van der Waals surface area contributed by atoms with Gasteiger partial charge in [-0.2, -0.15) is 0 Å². The number of halogens is 1. The van der Waals surface area contributed by atoms with E-state index < -0.39 is 62.9 Å². The Morgan fingerprint density at radius 2 is 1.93 bits per heavy atom. The van der Waals surface area contributed by atoms with Gasteiger partial charge in [-0.1, -0.05) is 12.1 Å². The molecule has 4 amide bonds. The lowest BCUT2D eigenvalue weighted by atomic mass is 10.1. The fourth-order valence-electron chi connectivity index (χ4n) is 4.96. The summed E-state index contributed by atoms with van der Waals surface area (Å²) in [5.74, 6) is -1.30. The summed E-state index contributed by atoms with van der Waals surface area (Å²) in [5.41, 5.74) is -0.877. The van der Waals surface area contributed by atoms with E-state index >= 15 is 0 Å². The van der Waals surface area contributed by atoms with Crippen LogP contribution < -0.4 is 9.46 Å². The Kier molecular flexibility index (Phi) is 7.43. The molecule has 2 heterocycles. The molecule has 1 saturated heterocycles. The Bertz CT molecular complexity index is 1500. The van der Waals surface area contributed by atoms with Crippen LogP contribution in [-0.2, 0) is 19.6 Å². The fraction of sp³-hybridized carbons (Fsp3) is 0.500. The number of rotatable bonds is 7. The molecule has 220 valence electrons. The van der Waals surface area contributed by atoms with Crippen molar-refractivity contribution in [3.8, 4) is 5.88 Å². The molecular weight excluding hydrogens is 555 g/mol. The number of likely N-dealkylation sites (tertiary alicyclic amines) is 1. The number of urea groups is 1. The van der Waals surface area contributed by atoms with Gasteiger partial charge in [-0.25, -0.2) is 32.1 Å². The highest BCUT2D eigenvalue weighted by molar-refractivity contribution is 7.90. The first kappa shape index (κ1) is 28.8. The van der Waals surface area contributed by atoms with Crippen LogP contribution in [0.1, 0.15) is 46.5 Å². The lowest BCUT2D eigenvalue weighted by Gasteiger charge is -2.30. The molecule has 1 N–H and O–H groups in total. The van der Waals surface area contributed by atoms with E-state index in [2.05, 4.69) is 11.6 Å².